The number of fused-ring (bicyclic) bond motifs is 2. The number of nitrogens with zero attached hydrogens (tertiary/aromatic N) is 1. The summed E-state index contributed by atoms with van der Waals surface area (Å²) in [5.74, 6) is 0. The number of nitrogens with one attached hydrogen (secondary N) is 1. The SMILES string of the molecule is Cc1ccc2[nH]c(C)c(-c3nccc4ccccc34)c2c1. The average molecular weight is 272 g/mol. The Balaban J connectivity index is 2.14. The zero-order valence-corrected chi connectivity index (χ0v) is 12.1. The highest BCUT2D eigenvalue weighted by Gasteiger charge is 2.14. The number of aromatic amines is 1. The number of pyridine rings is 1. The van der Waals surface area contributed by atoms with Crippen molar-refractivity contribution >= 4 is 21.7 Å². The van der Waals surface area contributed by atoms with Gasteiger partial charge in [0.1, 0.15) is 0 Å². The van der Waals surface area contributed by atoms with Gasteiger partial charge in [0.25, 0.3) is 0 Å². The molecule has 0 bridgehead atoms. The summed E-state index contributed by atoms with van der Waals surface area (Å²) in [5, 5.41) is 3.67. The maximum absolute atomic E-state index is 4.67. The Kier molecular flexibility index (Phi) is 2.58. The van der Waals surface area contributed by atoms with E-state index in [1.165, 1.54) is 38.5 Å². The van der Waals surface area contributed by atoms with Crippen LogP contribution >= 0.6 is 0 Å². The van der Waals surface area contributed by atoms with Gasteiger partial charge in [0.05, 0.1) is 5.69 Å². The molecule has 21 heavy (non-hydrogen) atoms. The second kappa shape index (κ2) is 4.45. The minimum atomic E-state index is 1.06. The van der Waals surface area contributed by atoms with Crippen LogP contribution in [0.25, 0.3) is 32.9 Å². The number of rotatable bonds is 1. The van der Waals surface area contributed by atoms with Crippen molar-refractivity contribution in [1.82, 2.24) is 9.97 Å². The molecule has 2 heterocycles. The molecule has 0 fully saturated rings. The van der Waals surface area contributed by atoms with Crippen LogP contribution in [0.1, 0.15) is 11.3 Å². The van der Waals surface area contributed by atoms with Crippen molar-refractivity contribution in [3.05, 3.63) is 66.0 Å². The van der Waals surface area contributed by atoms with Gasteiger partial charge in [-0.3, -0.25) is 4.98 Å². The first-order chi connectivity index (χ1) is 10.2. The van der Waals surface area contributed by atoms with Gasteiger partial charge in [-0.1, -0.05) is 35.9 Å². The van der Waals surface area contributed by atoms with E-state index in [4.69, 9.17) is 0 Å². The largest absolute Gasteiger partial charge is 0.358 e. The number of H-pyrrole nitrogens is 1. The second-order valence-corrected chi connectivity index (χ2v) is 5.55. The van der Waals surface area contributed by atoms with Crippen LogP contribution in [0.15, 0.2) is 54.7 Å². The molecule has 0 radical (unpaired) electrons. The Morgan fingerprint density at radius 2 is 1.76 bits per heavy atom. The van der Waals surface area contributed by atoms with E-state index in [2.05, 4.69) is 72.3 Å². The van der Waals surface area contributed by atoms with Crippen LogP contribution < -0.4 is 0 Å². The molecule has 0 spiro atoms. The molecule has 0 aliphatic heterocycles. The number of hydrogen-bond donors (Lipinski definition) is 1. The van der Waals surface area contributed by atoms with Crippen LogP contribution in [-0.4, -0.2) is 9.97 Å². The van der Waals surface area contributed by atoms with Crippen molar-refractivity contribution in [2.24, 2.45) is 0 Å². The molecule has 0 aliphatic carbocycles. The molecular formula is C19H16N2. The Morgan fingerprint density at radius 1 is 0.905 bits per heavy atom. The minimum Gasteiger partial charge on any atom is -0.358 e. The van der Waals surface area contributed by atoms with Gasteiger partial charge < -0.3 is 4.98 Å². The second-order valence-electron chi connectivity index (χ2n) is 5.55. The van der Waals surface area contributed by atoms with E-state index in [0.717, 1.165) is 5.69 Å². The molecule has 0 atom stereocenters. The Bertz CT molecular complexity index is 959. The zero-order valence-electron chi connectivity index (χ0n) is 12.1. The van der Waals surface area contributed by atoms with Crippen LogP contribution in [0.5, 0.6) is 0 Å². The standard InChI is InChI=1S/C19H16N2/c1-12-7-8-17-16(11-12)18(13(2)21-17)19-15-6-4-3-5-14(15)9-10-20-19/h3-11,21H,1-2H3. The minimum absolute atomic E-state index is 1.06. The third kappa shape index (κ3) is 1.83. The molecule has 2 aromatic heterocycles. The van der Waals surface area contributed by atoms with Crippen LogP contribution in [0.4, 0.5) is 0 Å². The first-order valence-corrected chi connectivity index (χ1v) is 7.17. The van der Waals surface area contributed by atoms with Gasteiger partial charge in [-0.2, -0.15) is 0 Å². The summed E-state index contributed by atoms with van der Waals surface area (Å²) in [7, 11) is 0. The van der Waals surface area contributed by atoms with Crippen molar-refractivity contribution in [3.8, 4) is 11.3 Å². The van der Waals surface area contributed by atoms with E-state index in [-0.39, 0.29) is 0 Å². The summed E-state index contributed by atoms with van der Waals surface area (Å²) in [6, 6.07) is 17.0. The van der Waals surface area contributed by atoms with Gasteiger partial charge in [-0.15, -0.1) is 0 Å². The van der Waals surface area contributed by atoms with Crippen molar-refractivity contribution in [2.75, 3.05) is 0 Å². The van der Waals surface area contributed by atoms with Gasteiger partial charge in [0.2, 0.25) is 0 Å². The van der Waals surface area contributed by atoms with E-state index in [9.17, 15) is 0 Å². The van der Waals surface area contributed by atoms with Crippen molar-refractivity contribution in [2.45, 2.75) is 13.8 Å². The number of benzene rings is 2. The quantitative estimate of drug-likeness (QED) is 0.519. The summed E-state index contributed by atoms with van der Waals surface area (Å²) in [5.41, 5.74) is 5.87. The summed E-state index contributed by atoms with van der Waals surface area (Å²) in [4.78, 5) is 8.15. The lowest BCUT2D eigenvalue weighted by Crippen LogP contribution is -1.87. The van der Waals surface area contributed by atoms with Gasteiger partial charge in [0, 0.05) is 33.7 Å². The number of aromatic nitrogens is 2. The molecule has 4 rings (SSSR count). The highest BCUT2D eigenvalue weighted by atomic mass is 14.7. The molecule has 0 amide bonds. The zero-order chi connectivity index (χ0) is 14.4. The van der Waals surface area contributed by atoms with Gasteiger partial charge in [0.15, 0.2) is 0 Å². The fourth-order valence-electron chi connectivity index (χ4n) is 3.06. The topological polar surface area (TPSA) is 28.7 Å². The average Bonchev–Trinajstić information content (AvgIpc) is 2.82. The summed E-state index contributed by atoms with van der Waals surface area (Å²) < 4.78 is 0. The lowest BCUT2D eigenvalue weighted by molar-refractivity contribution is 1.28. The Hall–Kier alpha value is -2.61. The van der Waals surface area contributed by atoms with E-state index in [0.29, 0.717) is 0 Å². The molecule has 0 saturated carbocycles. The normalized spacial score (nSPS) is 11.3. The predicted molar refractivity (Wildman–Crippen MR) is 88.5 cm³/mol. The van der Waals surface area contributed by atoms with Gasteiger partial charge in [-0.25, -0.2) is 0 Å². The van der Waals surface area contributed by atoms with Crippen LogP contribution in [0.3, 0.4) is 0 Å². The first-order valence-electron chi connectivity index (χ1n) is 7.17. The molecule has 2 aromatic carbocycles. The smallest absolute Gasteiger partial charge is 0.0804 e. The van der Waals surface area contributed by atoms with Crippen LogP contribution in [0, 0.1) is 13.8 Å². The van der Waals surface area contributed by atoms with Crippen LogP contribution in [0.2, 0.25) is 0 Å². The van der Waals surface area contributed by atoms with Crippen LogP contribution in [-0.2, 0) is 0 Å². The summed E-state index contributed by atoms with van der Waals surface area (Å²) >= 11 is 0. The molecule has 0 saturated heterocycles. The lowest BCUT2D eigenvalue weighted by Gasteiger charge is -2.06. The molecule has 102 valence electrons. The van der Waals surface area contributed by atoms with Gasteiger partial charge >= 0.3 is 0 Å². The van der Waals surface area contributed by atoms with E-state index in [1.807, 2.05) is 6.20 Å². The molecule has 2 nitrogen and oxygen atoms in total. The van der Waals surface area contributed by atoms with E-state index < -0.39 is 0 Å². The molecule has 2 heteroatoms. The maximum Gasteiger partial charge on any atom is 0.0804 e. The van der Waals surface area contributed by atoms with Gasteiger partial charge in [-0.05, 0) is 37.4 Å². The third-order valence-corrected chi connectivity index (χ3v) is 4.05. The summed E-state index contributed by atoms with van der Waals surface area (Å²) in [6.45, 7) is 4.25. The Labute approximate surface area is 123 Å². The number of aryl methyl sites for hydroxylation is 2. The van der Waals surface area contributed by atoms with Crippen molar-refractivity contribution in [3.63, 3.8) is 0 Å². The fraction of sp³-hybridized carbons (Fsp3) is 0.105. The molecule has 1 N–H and O–H groups in total. The van der Waals surface area contributed by atoms with Crippen molar-refractivity contribution < 1.29 is 0 Å². The molecule has 0 unspecified atom stereocenters. The van der Waals surface area contributed by atoms with Crippen molar-refractivity contribution in [1.29, 1.82) is 0 Å². The predicted octanol–water partition coefficient (Wildman–Crippen LogP) is 5.00. The first kappa shape index (κ1) is 12.2. The lowest BCUT2D eigenvalue weighted by atomic mass is 10.0. The monoisotopic (exact) mass is 272 g/mol. The molecule has 4 aromatic rings. The van der Waals surface area contributed by atoms with E-state index in [1.54, 1.807) is 0 Å². The highest BCUT2D eigenvalue weighted by Crippen LogP contribution is 2.35. The Morgan fingerprint density at radius 3 is 2.67 bits per heavy atom. The number of hydrogen-bond acceptors (Lipinski definition) is 1. The third-order valence-electron chi connectivity index (χ3n) is 4.05. The van der Waals surface area contributed by atoms with E-state index >= 15 is 0 Å². The molecular weight excluding hydrogens is 256 g/mol. The maximum atomic E-state index is 4.67. The summed E-state index contributed by atoms with van der Waals surface area (Å²) in [6.07, 6.45) is 1.89. The highest BCUT2D eigenvalue weighted by molar-refractivity contribution is 6.04. The molecule has 0 aliphatic rings. The fourth-order valence-corrected chi connectivity index (χ4v) is 3.06.